The molecule has 1 heterocycles. The number of hydrogen-bond acceptors (Lipinski definition) is 0. The van der Waals surface area contributed by atoms with Gasteiger partial charge in [-0.3, -0.25) is 0 Å². The molecule has 0 N–H and O–H groups in total. The van der Waals surface area contributed by atoms with Crippen molar-refractivity contribution in [3.8, 4) is 27.9 Å². The van der Waals surface area contributed by atoms with Gasteiger partial charge >= 0.3 is 0 Å². The van der Waals surface area contributed by atoms with E-state index in [1.165, 1.54) is 88.3 Å². The predicted octanol–water partition coefficient (Wildman–Crippen LogP) is 13.1. The molecular formula is C50H37N. The second-order valence-electron chi connectivity index (χ2n) is 14.5. The van der Waals surface area contributed by atoms with Gasteiger partial charge in [-0.15, -0.1) is 0 Å². The summed E-state index contributed by atoms with van der Waals surface area (Å²) in [5.41, 5.74) is 15.5. The Morgan fingerprint density at radius 1 is 0.431 bits per heavy atom. The van der Waals surface area contributed by atoms with Gasteiger partial charge in [-0.05, 0) is 73.7 Å². The van der Waals surface area contributed by atoms with Gasteiger partial charge in [0.1, 0.15) is 0 Å². The number of rotatable bonds is 5. The van der Waals surface area contributed by atoms with Gasteiger partial charge < -0.3 is 4.57 Å². The highest BCUT2D eigenvalue weighted by molar-refractivity contribution is 6.18. The van der Waals surface area contributed by atoms with E-state index in [-0.39, 0.29) is 11.3 Å². The summed E-state index contributed by atoms with van der Waals surface area (Å²) in [6.07, 6.45) is 0. The Labute approximate surface area is 299 Å². The van der Waals surface area contributed by atoms with Crippen LogP contribution in [0.2, 0.25) is 0 Å². The van der Waals surface area contributed by atoms with E-state index in [1.54, 1.807) is 0 Å². The number of benzene rings is 8. The Morgan fingerprint density at radius 2 is 1.04 bits per heavy atom. The smallest absolute Gasteiger partial charge is 0.0619 e. The molecule has 0 saturated heterocycles. The monoisotopic (exact) mass is 651 g/mol. The molecule has 1 atom stereocenters. The third-order valence-electron chi connectivity index (χ3n) is 11.3. The summed E-state index contributed by atoms with van der Waals surface area (Å²) in [5.74, 6) is 0.0692. The maximum Gasteiger partial charge on any atom is 0.0619 e. The lowest BCUT2D eigenvalue weighted by molar-refractivity contribution is 0.659. The minimum absolute atomic E-state index is 0.0660. The van der Waals surface area contributed by atoms with Crippen LogP contribution < -0.4 is 0 Å². The quantitative estimate of drug-likeness (QED) is 0.163. The van der Waals surface area contributed by atoms with E-state index in [4.69, 9.17) is 0 Å². The molecule has 10 rings (SSSR count). The molecule has 1 unspecified atom stereocenters. The second-order valence-corrected chi connectivity index (χ2v) is 14.5. The Hall–Kier alpha value is -6.18. The second kappa shape index (κ2) is 11.4. The van der Waals surface area contributed by atoms with E-state index in [1.807, 2.05) is 0 Å². The van der Waals surface area contributed by atoms with Gasteiger partial charge in [0, 0.05) is 33.2 Å². The molecule has 0 aliphatic heterocycles. The van der Waals surface area contributed by atoms with E-state index < -0.39 is 0 Å². The fourth-order valence-electron chi connectivity index (χ4n) is 8.81. The van der Waals surface area contributed by atoms with Crippen molar-refractivity contribution in [2.45, 2.75) is 25.2 Å². The van der Waals surface area contributed by atoms with Crippen molar-refractivity contribution in [3.63, 3.8) is 0 Å². The lowest BCUT2D eigenvalue weighted by Crippen LogP contribution is -2.15. The zero-order valence-corrected chi connectivity index (χ0v) is 28.8. The molecule has 1 heteroatoms. The minimum atomic E-state index is -0.0660. The minimum Gasteiger partial charge on any atom is -0.309 e. The molecule has 9 aromatic rings. The molecule has 1 aliphatic carbocycles. The van der Waals surface area contributed by atoms with Gasteiger partial charge in [0.25, 0.3) is 0 Å². The maximum atomic E-state index is 2.49. The number of fused-ring (bicyclic) bond motifs is 8. The summed E-state index contributed by atoms with van der Waals surface area (Å²) in [7, 11) is 0. The molecule has 0 fully saturated rings. The third-order valence-corrected chi connectivity index (χ3v) is 11.3. The van der Waals surface area contributed by atoms with Crippen molar-refractivity contribution in [3.05, 3.63) is 210 Å². The summed E-state index contributed by atoms with van der Waals surface area (Å²) in [5, 5.41) is 5.07. The van der Waals surface area contributed by atoms with Gasteiger partial charge in [-0.1, -0.05) is 178 Å². The first-order valence-corrected chi connectivity index (χ1v) is 18.0. The van der Waals surface area contributed by atoms with Gasteiger partial charge in [0.2, 0.25) is 0 Å². The number of nitrogens with zero attached hydrogens (tertiary/aromatic N) is 1. The van der Waals surface area contributed by atoms with E-state index in [2.05, 4.69) is 200 Å². The number of aromatic nitrogens is 1. The lowest BCUT2D eigenvalue weighted by atomic mass is 9.78. The lowest BCUT2D eigenvalue weighted by Gasteiger charge is -2.25. The predicted molar refractivity (Wildman–Crippen MR) is 215 cm³/mol. The van der Waals surface area contributed by atoms with Gasteiger partial charge in [-0.2, -0.15) is 0 Å². The van der Waals surface area contributed by atoms with Crippen molar-refractivity contribution in [1.29, 1.82) is 0 Å². The van der Waals surface area contributed by atoms with Crippen LogP contribution >= 0.6 is 0 Å². The van der Waals surface area contributed by atoms with E-state index in [0.29, 0.717) is 0 Å². The summed E-state index contributed by atoms with van der Waals surface area (Å²) in [6.45, 7) is 4.75. The Balaban J connectivity index is 1.18. The summed E-state index contributed by atoms with van der Waals surface area (Å²) >= 11 is 0. The molecule has 0 bridgehead atoms. The molecule has 1 nitrogen and oxygen atoms in total. The first-order valence-electron chi connectivity index (χ1n) is 18.0. The molecule has 0 radical (unpaired) electrons. The fourth-order valence-corrected chi connectivity index (χ4v) is 8.81. The molecule has 0 saturated carbocycles. The molecule has 51 heavy (non-hydrogen) atoms. The Kier molecular flexibility index (Phi) is 6.66. The largest absolute Gasteiger partial charge is 0.309 e. The molecule has 0 spiro atoms. The van der Waals surface area contributed by atoms with Crippen molar-refractivity contribution in [1.82, 2.24) is 4.57 Å². The van der Waals surface area contributed by atoms with Crippen LogP contribution in [0.3, 0.4) is 0 Å². The number of para-hydroxylation sites is 2. The molecule has 1 aromatic heterocycles. The standard InChI is InChI=1S/C50H37N/c1-50(2)45-19-11-9-17-41(45)42-29-27-38(32-46(42)50)48(35-23-21-34(22-24-35)33-13-5-3-6-14-33)37-26-28-40-36(31-37)25-30-44-43-18-10-12-20-47(43)51(49(40)44)39-15-7-4-8-16-39/h3-32,48H,1-2H3. The molecule has 8 aromatic carbocycles. The normalized spacial score (nSPS) is 13.8. The summed E-state index contributed by atoms with van der Waals surface area (Å²) in [4.78, 5) is 0. The Morgan fingerprint density at radius 3 is 1.86 bits per heavy atom. The van der Waals surface area contributed by atoms with Crippen LogP contribution in [0.4, 0.5) is 0 Å². The van der Waals surface area contributed by atoms with Crippen LogP contribution in [0.25, 0.3) is 60.5 Å². The van der Waals surface area contributed by atoms with Crippen LogP contribution in [0, 0.1) is 0 Å². The highest BCUT2D eigenvalue weighted by Crippen LogP contribution is 2.50. The average Bonchev–Trinajstić information content (AvgIpc) is 3.65. The van der Waals surface area contributed by atoms with Crippen LogP contribution in [0.15, 0.2) is 182 Å². The summed E-state index contributed by atoms with van der Waals surface area (Å²) < 4.78 is 2.44. The van der Waals surface area contributed by atoms with Crippen molar-refractivity contribution >= 4 is 32.6 Å². The highest BCUT2D eigenvalue weighted by atomic mass is 15.0. The zero-order chi connectivity index (χ0) is 34.1. The molecule has 0 amide bonds. The average molecular weight is 652 g/mol. The molecular weight excluding hydrogens is 615 g/mol. The molecule has 1 aliphatic rings. The van der Waals surface area contributed by atoms with Crippen molar-refractivity contribution in [2.24, 2.45) is 0 Å². The van der Waals surface area contributed by atoms with Gasteiger partial charge in [-0.25, -0.2) is 0 Å². The van der Waals surface area contributed by atoms with Gasteiger partial charge in [0.15, 0.2) is 0 Å². The van der Waals surface area contributed by atoms with Crippen LogP contribution in [0.1, 0.15) is 47.6 Å². The van der Waals surface area contributed by atoms with Crippen molar-refractivity contribution in [2.75, 3.05) is 0 Å². The zero-order valence-electron chi connectivity index (χ0n) is 28.8. The van der Waals surface area contributed by atoms with Gasteiger partial charge in [0.05, 0.1) is 11.0 Å². The third kappa shape index (κ3) is 4.62. The van der Waals surface area contributed by atoms with E-state index in [9.17, 15) is 0 Å². The summed E-state index contributed by atoms with van der Waals surface area (Å²) in [6, 6.07) is 67.4. The topological polar surface area (TPSA) is 4.93 Å². The van der Waals surface area contributed by atoms with Crippen LogP contribution in [-0.2, 0) is 5.41 Å². The van der Waals surface area contributed by atoms with Crippen LogP contribution in [0.5, 0.6) is 0 Å². The van der Waals surface area contributed by atoms with E-state index in [0.717, 1.165) is 0 Å². The van der Waals surface area contributed by atoms with Crippen LogP contribution in [-0.4, -0.2) is 4.57 Å². The van der Waals surface area contributed by atoms with E-state index >= 15 is 0 Å². The molecule has 242 valence electrons. The first kappa shape index (κ1) is 29.7. The SMILES string of the molecule is CC1(C)c2ccccc2-c2ccc(C(c3ccc(-c4ccccc4)cc3)c3ccc4c(ccc5c6ccccc6n(-c6ccccc6)c45)c3)cc21. The first-order chi connectivity index (χ1) is 25.1. The fraction of sp³-hybridized carbons (Fsp3) is 0.0800. The highest BCUT2D eigenvalue weighted by Gasteiger charge is 2.36. The maximum absolute atomic E-state index is 2.49. The van der Waals surface area contributed by atoms with Crippen molar-refractivity contribution < 1.29 is 0 Å². The number of hydrogen-bond donors (Lipinski definition) is 0. The Bertz CT molecular complexity index is 2750.